The van der Waals surface area contributed by atoms with Crippen LogP contribution >= 0.6 is 12.4 Å². The molecule has 140 valence electrons. The van der Waals surface area contributed by atoms with E-state index >= 15 is 0 Å². The highest BCUT2D eigenvalue weighted by atomic mass is 35.5. The summed E-state index contributed by atoms with van der Waals surface area (Å²) >= 11 is 0. The second-order valence-corrected chi connectivity index (χ2v) is 6.34. The van der Waals surface area contributed by atoms with E-state index in [0.29, 0.717) is 18.4 Å². The van der Waals surface area contributed by atoms with Crippen molar-refractivity contribution < 1.29 is 9.47 Å². The van der Waals surface area contributed by atoms with Gasteiger partial charge in [-0.2, -0.15) is 0 Å². The van der Waals surface area contributed by atoms with Crippen molar-refractivity contribution in [1.82, 2.24) is 15.0 Å². The minimum absolute atomic E-state index is 0. The molecule has 0 fully saturated rings. The molecule has 4 rings (SSSR count). The van der Waals surface area contributed by atoms with E-state index in [1.165, 1.54) is 24.0 Å². The molecule has 0 N–H and O–H groups in total. The number of methoxy groups -OCH3 is 1. The summed E-state index contributed by atoms with van der Waals surface area (Å²) in [4.78, 5) is 13.4. The van der Waals surface area contributed by atoms with Crippen molar-refractivity contribution >= 4 is 12.4 Å². The number of ether oxygens (including phenoxy) is 2. The molecular formula is C21H22ClN3O2. The van der Waals surface area contributed by atoms with Gasteiger partial charge in [-0.3, -0.25) is 4.98 Å². The minimum atomic E-state index is 0. The van der Waals surface area contributed by atoms with Crippen molar-refractivity contribution in [2.24, 2.45) is 0 Å². The monoisotopic (exact) mass is 383 g/mol. The van der Waals surface area contributed by atoms with E-state index in [1.807, 2.05) is 36.5 Å². The zero-order valence-corrected chi connectivity index (χ0v) is 16.0. The predicted octanol–water partition coefficient (Wildman–Crippen LogP) is 4.43. The van der Waals surface area contributed by atoms with Crippen LogP contribution < -0.4 is 9.47 Å². The van der Waals surface area contributed by atoms with E-state index in [1.54, 1.807) is 13.3 Å². The predicted molar refractivity (Wildman–Crippen MR) is 106 cm³/mol. The van der Waals surface area contributed by atoms with Gasteiger partial charge in [-0.1, -0.05) is 12.1 Å². The van der Waals surface area contributed by atoms with Gasteiger partial charge in [0.15, 0.2) is 0 Å². The zero-order chi connectivity index (χ0) is 17.8. The van der Waals surface area contributed by atoms with Crippen LogP contribution in [0, 0.1) is 0 Å². The lowest BCUT2D eigenvalue weighted by molar-refractivity contribution is 0.285. The van der Waals surface area contributed by atoms with Crippen LogP contribution in [0.15, 0.2) is 48.8 Å². The highest BCUT2D eigenvalue weighted by Crippen LogP contribution is 2.33. The first kappa shape index (κ1) is 19.1. The van der Waals surface area contributed by atoms with Gasteiger partial charge in [-0.25, -0.2) is 9.97 Å². The third kappa shape index (κ3) is 4.37. The van der Waals surface area contributed by atoms with Gasteiger partial charge in [0.05, 0.1) is 12.8 Å². The molecule has 0 saturated heterocycles. The molecule has 5 nitrogen and oxygen atoms in total. The van der Waals surface area contributed by atoms with Crippen molar-refractivity contribution in [3.63, 3.8) is 0 Å². The molecule has 0 radical (unpaired) electrons. The third-order valence-corrected chi connectivity index (χ3v) is 4.61. The lowest BCUT2D eigenvalue weighted by atomic mass is 9.90. The Hall–Kier alpha value is -2.66. The fraction of sp³-hybridized carbons (Fsp3) is 0.286. The maximum Gasteiger partial charge on any atom is 0.214 e. The molecule has 0 amide bonds. The Labute approximate surface area is 165 Å². The molecule has 3 aromatic rings. The summed E-state index contributed by atoms with van der Waals surface area (Å²) in [5, 5.41) is 0. The Bertz CT molecular complexity index is 903. The van der Waals surface area contributed by atoms with Crippen LogP contribution in [0.25, 0.3) is 11.1 Å². The summed E-state index contributed by atoms with van der Waals surface area (Å²) in [7, 11) is 1.61. The number of hydrogen-bond donors (Lipinski definition) is 0. The van der Waals surface area contributed by atoms with E-state index in [-0.39, 0.29) is 12.4 Å². The second kappa shape index (κ2) is 8.82. The Balaban J connectivity index is 0.00000210. The number of nitrogens with zero attached hydrogens (tertiary/aromatic N) is 3. The average Bonchev–Trinajstić information content (AvgIpc) is 2.72. The lowest BCUT2D eigenvalue weighted by Crippen LogP contribution is -2.09. The fourth-order valence-corrected chi connectivity index (χ4v) is 3.33. The molecule has 3 aromatic heterocycles. The molecule has 0 aromatic carbocycles. The number of fused-ring (bicyclic) bond motifs is 1. The summed E-state index contributed by atoms with van der Waals surface area (Å²) in [6.45, 7) is 0.357. The SMILES string of the molecule is COc1cccc(COc2cc(-c3cccnc3)c3c(n2)CCCC3)n1.Cl. The Kier molecular flexibility index (Phi) is 6.24. The number of hydrogen-bond acceptors (Lipinski definition) is 5. The molecule has 3 heterocycles. The molecule has 6 heteroatoms. The summed E-state index contributed by atoms with van der Waals surface area (Å²) in [5.41, 5.74) is 5.57. The first-order valence-electron chi connectivity index (χ1n) is 8.89. The third-order valence-electron chi connectivity index (χ3n) is 4.61. The lowest BCUT2D eigenvalue weighted by Gasteiger charge is -2.20. The summed E-state index contributed by atoms with van der Waals surface area (Å²) in [6.07, 6.45) is 8.13. The number of aromatic nitrogens is 3. The largest absolute Gasteiger partial charge is 0.481 e. The first-order chi connectivity index (χ1) is 12.8. The van der Waals surface area contributed by atoms with Crippen molar-refractivity contribution in [1.29, 1.82) is 0 Å². The van der Waals surface area contributed by atoms with Crippen LogP contribution in [0.3, 0.4) is 0 Å². The topological polar surface area (TPSA) is 57.1 Å². The molecule has 0 spiro atoms. The van der Waals surface area contributed by atoms with Gasteiger partial charge in [0, 0.05) is 35.8 Å². The van der Waals surface area contributed by atoms with E-state index in [4.69, 9.17) is 14.5 Å². The molecule has 0 saturated carbocycles. The van der Waals surface area contributed by atoms with E-state index < -0.39 is 0 Å². The van der Waals surface area contributed by atoms with Gasteiger partial charge in [-0.05, 0) is 48.9 Å². The van der Waals surface area contributed by atoms with Crippen molar-refractivity contribution in [3.05, 3.63) is 65.7 Å². The van der Waals surface area contributed by atoms with Crippen molar-refractivity contribution in [3.8, 4) is 22.9 Å². The van der Waals surface area contributed by atoms with E-state index in [2.05, 4.69) is 16.0 Å². The smallest absolute Gasteiger partial charge is 0.214 e. The van der Waals surface area contributed by atoms with E-state index in [0.717, 1.165) is 29.8 Å². The molecule has 1 aliphatic rings. The van der Waals surface area contributed by atoms with Crippen LogP contribution in [-0.4, -0.2) is 22.1 Å². The van der Waals surface area contributed by atoms with Crippen LogP contribution in [0.5, 0.6) is 11.8 Å². The number of halogens is 1. The highest BCUT2D eigenvalue weighted by molar-refractivity contribution is 5.85. The zero-order valence-electron chi connectivity index (χ0n) is 15.2. The number of pyridine rings is 3. The summed E-state index contributed by atoms with van der Waals surface area (Å²) in [5.74, 6) is 1.22. The Morgan fingerprint density at radius 2 is 1.89 bits per heavy atom. The average molecular weight is 384 g/mol. The van der Waals surface area contributed by atoms with Crippen molar-refractivity contribution in [2.75, 3.05) is 7.11 Å². The summed E-state index contributed by atoms with van der Waals surface area (Å²) in [6, 6.07) is 11.7. The highest BCUT2D eigenvalue weighted by Gasteiger charge is 2.18. The van der Waals surface area contributed by atoms with Gasteiger partial charge in [0.25, 0.3) is 0 Å². The molecule has 0 aliphatic heterocycles. The van der Waals surface area contributed by atoms with Crippen LogP contribution in [0.1, 0.15) is 29.8 Å². The van der Waals surface area contributed by atoms with Gasteiger partial charge in [-0.15, -0.1) is 12.4 Å². The van der Waals surface area contributed by atoms with Gasteiger partial charge in [0.1, 0.15) is 6.61 Å². The van der Waals surface area contributed by atoms with Gasteiger partial charge >= 0.3 is 0 Å². The maximum atomic E-state index is 5.97. The minimum Gasteiger partial charge on any atom is -0.481 e. The molecule has 0 atom stereocenters. The van der Waals surface area contributed by atoms with E-state index in [9.17, 15) is 0 Å². The molecular weight excluding hydrogens is 362 g/mol. The van der Waals surface area contributed by atoms with Crippen LogP contribution in [0.4, 0.5) is 0 Å². The Morgan fingerprint density at radius 3 is 2.70 bits per heavy atom. The second-order valence-electron chi connectivity index (χ2n) is 6.34. The van der Waals surface area contributed by atoms with Crippen molar-refractivity contribution in [2.45, 2.75) is 32.3 Å². The molecule has 1 aliphatic carbocycles. The van der Waals surface area contributed by atoms with Gasteiger partial charge < -0.3 is 9.47 Å². The first-order valence-corrected chi connectivity index (χ1v) is 8.89. The summed E-state index contributed by atoms with van der Waals surface area (Å²) < 4.78 is 11.1. The van der Waals surface area contributed by atoms with Gasteiger partial charge in [0.2, 0.25) is 11.8 Å². The van der Waals surface area contributed by atoms with Crippen LogP contribution in [0.2, 0.25) is 0 Å². The van der Waals surface area contributed by atoms with Crippen LogP contribution in [-0.2, 0) is 19.4 Å². The quantitative estimate of drug-likeness (QED) is 0.652. The molecule has 0 unspecified atom stereocenters. The Morgan fingerprint density at radius 1 is 1.00 bits per heavy atom. The fourth-order valence-electron chi connectivity index (χ4n) is 3.33. The molecule has 0 bridgehead atoms. The standard InChI is InChI=1S/C21H21N3O2.ClH/c1-25-20-10-4-7-16(23-20)14-26-21-12-18(15-6-5-11-22-13-15)17-8-2-3-9-19(17)24-21;/h4-7,10-13H,2-3,8-9,14H2,1H3;1H. The normalized spacial score (nSPS) is 12.6. The number of aryl methyl sites for hydroxylation is 1. The molecule has 27 heavy (non-hydrogen) atoms. The number of rotatable bonds is 5. The maximum absolute atomic E-state index is 5.97.